The van der Waals surface area contributed by atoms with Gasteiger partial charge in [0.05, 0.1) is 0 Å². The molecule has 148 valence electrons. The third-order valence-corrected chi connectivity index (χ3v) is 5.30. The van der Waals surface area contributed by atoms with Crippen molar-refractivity contribution < 1.29 is 0 Å². The molecule has 0 saturated heterocycles. The van der Waals surface area contributed by atoms with Crippen molar-refractivity contribution in [3.05, 3.63) is 59.5 Å². The first kappa shape index (κ1) is 20.5. The van der Waals surface area contributed by atoms with Crippen molar-refractivity contribution in [2.24, 2.45) is 4.99 Å². The lowest BCUT2D eigenvalue weighted by atomic mass is 10.3. The summed E-state index contributed by atoms with van der Waals surface area (Å²) in [6.07, 6.45) is 3.77. The van der Waals surface area contributed by atoms with Crippen LogP contribution in [0.25, 0.3) is 5.65 Å². The Labute approximate surface area is 174 Å². The summed E-state index contributed by atoms with van der Waals surface area (Å²) in [5, 5.41) is 15.9. The SMILES string of the molecule is CCNC(=NCCCc1nnc2ccccn12)NCCSc1ccc(Cl)cc1. The first-order valence-corrected chi connectivity index (χ1v) is 10.8. The number of benzene rings is 1. The zero-order chi connectivity index (χ0) is 19.6. The number of guanidine groups is 1. The van der Waals surface area contributed by atoms with Crippen LogP contribution >= 0.6 is 23.4 Å². The molecule has 0 fully saturated rings. The molecule has 0 amide bonds. The van der Waals surface area contributed by atoms with Crippen LogP contribution in [-0.2, 0) is 6.42 Å². The molecule has 28 heavy (non-hydrogen) atoms. The molecule has 0 spiro atoms. The van der Waals surface area contributed by atoms with E-state index < -0.39 is 0 Å². The predicted molar refractivity (Wildman–Crippen MR) is 117 cm³/mol. The van der Waals surface area contributed by atoms with Crippen molar-refractivity contribution >= 4 is 35.0 Å². The summed E-state index contributed by atoms with van der Waals surface area (Å²) in [7, 11) is 0. The van der Waals surface area contributed by atoms with Crippen molar-refractivity contribution in [1.82, 2.24) is 25.2 Å². The highest BCUT2D eigenvalue weighted by atomic mass is 35.5. The van der Waals surface area contributed by atoms with E-state index in [0.717, 1.165) is 60.7 Å². The Morgan fingerprint density at radius 3 is 2.82 bits per heavy atom. The van der Waals surface area contributed by atoms with Crippen molar-refractivity contribution in [1.29, 1.82) is 0 Å². The number of hydrogen-bond donors (Lipinski definition) is 2. The quantitative estimate of drug-likeness (QED) is 0.241. The van der Waals surface area contributed by atoms with Gasteiger partial charge in [-0.15, -0.1) is 22.0 Å². The molecule has 2 heterocycles. The van der Waals surface area contributed by atoms with Gasteiger partial charge in [-0.1, -0.05) is 17.7 Å². The zero-order valence-corrected chi connectivity index (χ0v) is 17.5. The van der Waals surface area contributed by atoms with E-state index in [1.807, 2.05) is 53.1 Å². The van der Waals surface area contributed by atoms with Crippen molar-refractivity contribution in [3.63, 3.8) is 0 Å². The lowest BCUT2D eigenvalue weighted by molar-refractivity contribution is 0.757. The molecule has 0 atom stereocenters. The van der Waals surface area contributed by atoms with Crippen LogP contribution in [0, 0.1) is 0 Å². The van der Waals surface area contributed by atoms with Crippen molar-refractivity contribution in [2.45, 2.75) is 24.7 Å². The topological polar surface area (TPSA) is 66.6 Å². The Balaban J connectivity index is 1.41. The zero-order valence-electron chi connectivity index (χ0n) is 15.9. The number of nitrogens with zero attached hydrogens (tertiary/aromatic N) is 4. The molecule has 2 N–H and O–H groups in total. The Morgan fingerprint density at radius 2 is 2.00 bits per heavy atom. The van der Waals surface area contributed by atoms with E-state index in [0.29, 0.717) is 0 Å². The molecule has 3 rings (SSSR count). The summed E-state index contributed by atoms with van der Waals surface area (Å²) >= 11 is 7.71. The average Bonchev–Trinajstić information content (AvgIpc) is 3.13. The number of pyridine rings is 1. The second-order valence-corrected chi connectivity index (χ2v) is 7.74. The number of thioether (sulfide) groups is 1. The maximum Gasteiger partial charge on any atom is 0.191 e. The summed E-state index contributed by atoms with van der Waals surface area (Å²) in [4.78, 5) is 5.88. The highest BCUT2D eigenvalue weighted by molar-refractivity contribution is 7.99. The number of aliphatic imine (C=N–C) groups is 1. The van der Waals surface area contributed by atoms with Gasteiger partial charge in [-0.2, -0.15) is 0 Å². The Kier molecular flexibility index (Phi) is 7.99. The molecular weight excluding hydrogens is 392 g/mol. The fourth-order valence-corrected chi connectivity index (χ4v) is 3.59. The van der Waals surface area contributed by atoms with E-state index in [4.69, 9.17) is 11.6 Å². The van der Waals surface area contributed by atoms with Gasteiger partial charge in [-0.25, -0.2) is 0 Å². The average molecular weight is 417 g/mol. The van der Waals surface area contributed by atoms with Crippen LogP contribution in [-0.4, -0.2) is 45.9 Å². The van der Waals surface area contributed by atoms with E-state index in [9.17, 15) is 0 Å². The minimum atomic E-state index is 0.738. The molecule has 0 saturated carbocycles. The summed E-state index contributed by atoms with van der Waals surface area (Å²) in [5.74, 6) is 2.78. The van der Waals surface area contributed by atoms with Crippen LogP contribution in [0.2, 0.25) is 5.02 Å². The number of aryl methyl sites for hydroxylation is 1. The van der Waals surface area contributed by atoms with E-state index in [-0.39, 0.29) is 0 Å². The standard InChI is InChI=1S/C20H25ClN6S/c1-2-22-20(24-13-15-28-17-10-8-16(21)9-11-17)23-12-5-7-19-26-25-18-6-3-4-14-27(18)19/h3-4,6,8-11,14H,2,5,7,12-13,15H2,1H3,(H2,22,23,24). The molecule has 8 heteroatoms. The van der Waals surface area contributed by atoms with Crippen LogP contribution in [0.1, 0.15) is 19.2 Å². The van der Waals surface area contributed by atoms with E-state index in [1.54, 1.807) is 11.8 Å². The highest BCUT2D eigenvalue weighted by Crippen LogP contribution is 2.19. The molecule has 6 nitrogen and oxygen atoms in total. The van der Waals surface area contributed by atoms with Crippen LogP contribution in [0.15, 0.2) is 58.5 Å². The number of aromatic nitrogens is 3. The van der Waals surface area contributed by atoms with Gasteiger partial charge >= 0.3 is 0 Å². The second-order valence-electron chi connectivity index (χ2n) is 6.14. The van der Waals surface area contributed by atoms with Gasteiger partial charge in [0.25, 0.3) is 0 Å². The van der Waals surface area contributed by atoms with Gasteiger partial charge in [0, 0.05) is 47.9 Å². The first-order chi connectivity index (χ1) is 13.8. The normalized spacial score (nSPS) is 11.7. The molecule has 0 aliphatic heterocycles. The fraction of sp³-hybridized carbons (Fsp3) is 0.350. The molecule has 0 aliphatic rings. The van der Waals surface area contributed by atoms with Crippen LogP contribution in [0.4, 0.5) is 0 Å². The monoisotopic (exact) mass is 416 g/mol. The maximum absolute atomic E-state index is 5.92. The Bertz CT molecular complexity index is 893. The third kappa shape index (κ3) is 6.14. The number of fused-ring (bicyclic) bond motifs is 1. The van der Waals surface area contributed by atoms with Gasteiger partial charge in [0.15, 0.2) is 11.6 Å². The maximum atomic E-state index is 5.92. The summed E-state index contributed by atoms with van der Waals surface area (Å²) in [6, 6.07) is 13.8. The van der Waals surface area contributed by atoms with Crippen molar-refractivity contribution in [2.75, 3.05) is 25.4 Å². The Morgan fingerprint density at radius 1 is 1.14 bits per heavy atom. The number of nitrogens with one attached hydrogen (secondary N) is 2. The third-order valence-electron chi connectivity index (χ3n) is 4.03. The molecule has 0 aliphatic carbocycles. The molecular formula is C20H25ClN6S. The lowest BCUT2D eigenvalue weighted by Crippen LogP contribution is -2.38. The molecule has 3 aromatic rings. The van der Waals surface area contributed by atoms with Crippen LogP contribution in [0.5, 0.6) is 0 Å². The van der Waals surface area contributed by atoms with Gasteiger partial charge in [0.1, 0.15) is 5.82 Å². The van der Waals surface area contributed by atoms with Gasteiger partial charge in [-0.05, 0) is 49.7 Å². The lowest BCUT2D eigenvalue weighted by Gasteiger charge is -2.11. The molecule has 0 bridgehead atoms. The minimum absolute atomic E-state index is 0.738. The smallest absolute Gasteiger partial charge is 0.191 e. The number of rotatable bonds is 9. The van der Waals surface area contributed by atoms with Gasteiger partial charge < -0.3 is 10.6 Å². The van der Waals surface area contributed by atoms with Crippen molar-refractivity contribution in [3.8, 4) is 0 Å². The highest BCUT2D eigenvalue weighted by Gasteiger charge is 2.04. The summed E-state index contributed by atoms with van der Waals surface area (Å²) < 4.78 is 2.03. The van der Waals surface area contributed by atoms with Crippen LogP contribution in [0.3, 0.4) is 0 Å². The summed E-state index contributed by atoms with van der Waals surface area (Å²) in [5.41, 5.74) is 0.884. The van der Waals surface area contributed by atoms with Crippen LogP contribution < -0.4 is 10.6 Å². The molecule has 0 radical (unpaired) electrons. The van der Waals surface area contributed by atoms with Gasteiger partial charge in [0.2, 0.25) is 0 Å². The fourth-order valence-electron chi connectivity index (χ4n) is 2.70. The van der Waals surface area contributed by atoms with E-state index in [2.05, 4.69) is 32.7 Å². The van der Waals surface area contributed by atoms with E-state index in [1.165, 1.54) is 4.90 Å². The summed E-state index contributed by atoms with van der Waals surface area (Å²) in [6.45, 7) is 4.49. The second kappa shape index (κ2) is 10.9. The van der Waals surface area contributed by atoms with Gasteiger partial charge in [-0.3, -0.25) is 9.39 Å². The first-order valence-electron chi connectivity index (χ1n) is 9.45. The number of halogens is 1. The number of hydrogen-bond acceptors (Lipinski definition) is 4. The Hall–Kier alpha value is -2.25. The minimum Gasteiger partial charge on any atom is -0.357 e. The van der Waals surface area contributed by atoms with E-state index >= 15 is 0 Å². The predicted octanol–water partition coefficient (Wildman–Crippen LogP) is 3.66. The molecule has 1 aromatic carbocycles. The molecule has 2 aromatic heterocycles. The molecule has 0 unspecified atom stereocenters. The largest absolute Gasteiger partial charge is 0.357 e.